The van der Waals surface area contributed by atoms with Gasteiger partial charge in [-0.3, -0.25) is 4.40 Å². The minimum Gasteiger partial charge on any atom is -0.477 e. The maximum absolute atomic E-state index is 11.2. The second kappa shape index (κ2) is 9.20. The monoisotopic (exact) mass is 478 g/mol. The van der Waals surface area contributed by atoms with E-state index in [1.54, 1.807) is 18.5 Å². The first-order valence-corrected chi connectivity index (χ1v) is 11.6. The Bertz CT molecular complexity index is 1600. The Balaban J connectivity index is 1.42. The van der Waals surface area contributed by atoms with Crippen LogP contribution in [-0.2, 0) is 4.74 Å². The van der Waals surface area contributed by atoms with Crippen LogP contribution in [0, 0.1) is 0 Å². The molecule has 1 N–H and O–H groups in total. The van der Waals surface area contributed by atoms with Crippen LogP contribution < -0.4 is 4.90 Å². The number of hydrogen-bond donors (Lipinski definition) is 1. The number of pyridine rings is 2. The quantitative estimate of drug-likeness (QED) is 0.403. The number of para-hydroxylation sites is 1. The van der Waals surface area contributed by atoms with Crippen LogP contribution in [0.25, 0.3) is 40.0 Å². The number of imidazole rings is 1. The van der Waals surface area contributed by atoms with Crippen molar-refractivity contribution in [2.24, 2.45) is 0 Å². The van der Waals surface area contributed by atoms with E-state index in [0.29, 0.717) is 18.9 Å². The van der Waals surface area contributed by atoms with Crippen LogP contribution in [0.1, 0.15) is 21.9 Å². The summed E-state index contributed by atoms with van der Waals surface area (Å²) in [5, 5.41) is 10.3. The van der Waals surface area contributed by atoms with Gasteiger partial charge in [0.2, 0.25) is 0 Å². The highest BCUT2D eigenvalue weighted by Crippen LogP contribution is 2.27. The van der Waals surface area contributed by atoms with Crippen LogP contribution in [0.4, 0.5) is 5.82 Å². The highest BCUT2D eigenvalue weighted by Gasteiger charge is 2.20. The van der Waals surface area contributed by atoms with Crippen molar-refractivity contribution < 1.29 is 14.6 Å². The van der Waals surface area contributed by atoms with Crippen LogP contribution in [-0.4, -0.2) is 61.7 Å². The topological polar surface area (TPSA) is 106 Å². The summed E-state index contributed by atoms with van der Waals surface area (Å²) in [5.41, 5.74) is 4.74. The predicted octanol–water partition coefficient (Wildman–Crippen LogP) is 4.04. The van der Waals surface area contributed by atoms with Crippen molar-refractivity contribution in [2.75, 3.05) is 31.2 Å². The minimum absolute atomic E-state index is 0.00923. The number of carbonyl (C=O) groups is 1. The lowest BCUT2D eigenvalue weighted by molar-refractivity contribution is 0.0690. The molecule has 9 heteroatoms. The predicted molar refractivity (Wildman–Crippen MR) is 137 cm³/mol. The molecule has 5 heterocycles. The Kier molecular flexibility index (Phi) is 5.59. The molecule has 1 aliphatic heterocycles. The Morgan fingerprint density at radius 2 is 1.75 bits per heavy atom. The molecule has 9 nitrogen and oxygen atoms in total. The number of carboxylic acids is 1. The van der Waals surface area contributed by atoms with Crippen molar-refractivity contribution >= 4 is 40.5 Å². The summed E-state index contributed by atoms with van der Waals surface area (Å²) < 4.78 is 7.48. The Hall–Kier alpha value is -4.63. The summed E-state index contributed by atoms with van der Waals surface area (Å²) in [6, 6.07) is 15.3. The van der Waals surface area contributed by atoms with E-state index in [1.165, 1.54) is 6.07 Å². The molecule has 0 bridgehead atoms. The normalized spacial score (nSPS) is 14.2. The largest absolute Gasteiger partial charge is 0.477 e. The lowest BCUT2D eigenvalue weighted by atomic mass is 10.2. The van der Waals surface area contributed by atoms with Crippen molar-refractivity contribution in [3.05, 3.63) is 84.2 Å². The van der Waals surface area contributed by atoms with Gasteiger partial charge in [0.1, 0.15) is 5.69 Å². The molecule has 6 rings (SSSR count). The summed E-state index contributed by atoms with van der Waals surface area (Å²) >= 11 is 0. The smallest absolute Gasteiger partial charge is 0.354 e. The fraction of sp³-hybridized carbons (Fsp3) is 0.148. The molecule has 0 unspecified atom stereocenters. The Labute approximate surface area is 206 Å². The van der Waals surface area contributed by atoms with Crippen LogP contribution in [0.15, 0.2) is 67.1 Å². The van der Waals surface area contributed by atoms with Crippen molar-refractivity contribution in [3.63, 3.8) is 0 Å². The van der Waals surface area contributed by atoms with E-state index in [1.807, 2.05) is 53.1 Å². The van der Waals surface area contributed by atoms with Crippen molar-refractivity contribution in [2.45, 2.75) is 0 Å². The lowest BCUT2D eigenvalue weighted by Gasteiger charge is -2.28. The van der Waals surface area contributed by atoms with Crippen molar-refractivity contribution in [1.29, 1.82) is 0 Å². The van der Waals surface area contributed by atoms with Crippen molar-refractivity contribution in [1.82, 2.24) is 24.3 Å². The van der Waals surface area contributed by atoms with Gasteiger partial charge >= 0.3 is 5.97 Å². The zero-order valence-electron chi connectivity index (χ0n) is 19.3. The number of ether oxygens (including phenoxy) is 1. The van der Waals surface area contributed by atoms with E-state index in [2.05, 4.69) is 16.0 Å². The van der Waals surface area contributed by atoms with Crippen LogP contribution >= 0.6 is 0 Å². The van der Waals surface area contributed by atoms with E-state index in [-0.39, 0.29) is 5.69 Å². The van der Waals surface area contributed by atoms with Gasteiger partial charge in [-0.2, -0.15) is 0 Å². The average Bonchev–Trinajstić information content (AvgIpc) is 3.36. The molecule has 4 aromatic heterocycles. The van der Waals surface area contributed by atoms with Gasteiger partial charge in [0.25, 0.3) is 0 Å². The third kappa shape index (κ3) is 4.16. The number of nitrogens with zero attached hydrogens (tertiary/aromatic N) is 6. The molecule has 5 aromatic rings. The summed E-state index contributed by atoms with van der Waals surface area (Å²) in [6.07, 6.45) is 9.14. The van der Waals surface area contributed by atoms with E-state index in [9.17, 15) is 9.90 Å². The van der Waals surface area contributed by atoms with Crippen LogP contribution in [0.5, 0.6) is 0 Å². The molecule has 0 radical (unpaired) electrons. The molecule has 0 atom stereocenters. The molecule has 1 saturated heterocycles. The molecule has 0 saturated carbocycles. The van der Waals surface area contributed by atoms with E-state index in [0.717, 1.165) is 52.5 Å². The summed E-state index contributed by atoms with van der Waals surface area (Å²) in [4.78, 5) is 31.8. The second-order valence-electron chi connectivity index (χ2n) is 8.43. The number of morpholine rings is 1. The number of hydrogen-bond acceptors (Lipinski definition) is 7. The number of anilines is 1. The third-order valence-electron chi connectivity index (χ3n) is 6.13. The zero-order valence-corrected chi connectivity index (χ0v) is 19.3. The number of rotatable bonds is 5. The van der Waals surface area contributed by atoms with Gasteiger partial charge in [-0.25, -0.2) is 24.7 Å². The lowest BCUT2D eigenvalue weighted by Crippen LogP contribution is -2.37. The van der Waals surface area contributed by atoms with E-state index in [4.69, 9.17) is 19.7 Å². The van der Waals surface area contributed by atoms with Gasteiger partial charge in [-0.05, 0) is 36.4 Å². The second-order valence-corrected chi connectivity index (χ2v) is 8.43. The molecular formula is C27H22N6O3. The van der Waals surface area contributed by atoms with Crippen molar-refractivity contribution in [3.8, 4) is 11.3 Å². The summed E-state index contributed by atoms with van der Waals surface area (Å²) in [6.45, 7) is 2.74. The maximum atomic E-state index is 11.2. The van der Waals surface area contributed by atoms with Gasteiger partial charge in [-0.1, -0.05) is 24.3 Å². The molecule has 1 fully saturated rings. The number of aromatic nitrogens is 5. The molecule has 0 amide bonds. The van der Waals surface area contributed by atoms with E-state index < -0.39 is 5.97 Å². The minimum atomic E-state index is -1.06. The Morgan fingerprint density at radius 1 is 0.917 bits per heavy atom. The van der Waals surface area contributed by atoms with Crippen LogP contribution in [0.3, 0.4) is 0 Å². The van der Waals surface area contributed by atoms with E-state index >= 15 is 0 Å². The van der Waals surface area contributed by atoms with Gasteiger partial charge in [-0.15, -0.1) is 0 Å². The first kappa shape index (κ1) is 21.9. The number of aromatic carboxylic acids is 1. The number of carboxylic acid groups (broad SMARTS) is 1. The SMILES string of the molecule is O=C(O)c1ccc(-c2cnc(N3CCOCC3)c3nc(C=Cc4ccc5ccccc5n4)cn23)cn1. The number of benzene rings is 1. The summed E-state index contributed by atoms with van der Waals surface area (Å²) in [7, 11) is 0. The Morgan fingerprint density at radius 3 is 2.56 bits per heavy atom. The number of fused-ring (bicyclic) bond motifs is 2. The first-order valence-electron chi connectivity index (χ1n) is 11.6. The maximum Gasteiger partial charge on any atom is 0.354 e. The van der Waals surface area contributed by atoms with Gasteiger partial charge in [0.15, 0.2) is 11.5 Å². The van der Waals surface area contributed by atoms with Crippen LogP contribution in [0.2, 0.25) is 0 Å². The molecule has 1 aromatic carbocycles. The highest BCUT2D eigenvalue weighted by atomic mass is 16.5. The van der Waals surface area contributed by atoms with Gasteiger partial charge < -0.3 is 14.7 Å². The zero-order chi connectivity index (χ0) is 24.5. The highest BCUT2D eigenvalue weighted by molar-refractivity contribution is 5.86. The molecule has 1 aliphatic rings. The first-order chi connectivity index (χ1) is 17.7. The fourth-order valence-electron chi connectivity index (χ4n) is 4.29. The van der Waals surface area contributed by atoms with Gasteiger partial charge in [0, 0.05) is 36.4 Å². The summed E-state index contributed by atoms with van der Waals surface area (Å²) in [5.74, 6) is -0.287. The standard InChI is InChI=1S/C27H22N6O3/c34-27(35)23-10-6-19(15-28-23)24-16-29-25(32-11-13-36-14-12-32)26-31-21(17-33(24)26)9-8-20-7-5-18-3-1-2-4-22(18)30-20/h1-10,15-17H,11-14H2,(H,34,35). The molecule has 36 heavy (non-hydrogen) atoms. The molecule has 0 aliphatic carbocycles. The average molecular weight is 479 g/mol. The fourth-order valence-corrected chi connectivity index (χ4v) is 4.29. The third-order valence-corrected chi connectivity index (χ3v) is 6.13. The molecule has 178 valence electrons. The molecule has 0 spiro atoms. The van der Waals surface area contributed by atoms with Gasteiger partial charge in [0.05, 0.1) is 42.0 Å². The molecular weight excluding hydrogens is 456 g/mol.